The molecule has 0 fully saturated rings. The Morgan fingerprint density at radius 1 is 1.19 bits per heavy atom. The van der Waals surface area contributed by atoms with Crippen LogP contribution in [0, 0.1) is 0 Å². The molecule has 2 aromatic carbocycles. The van der Waals surface area contributed by atoms with E-state index >= 15 is 0 Å². The maximum atomic E-state index is 12.3. The number of nitrogens with zero attached hydrogens (tertiary/aromatic N) is 2. The average molecular weight is 443 g/mol. The first-order valence-corrected chi connectivity index (χ1v) is 10.1. The molecule has 1 aliphatic heterocycles. The van der Waals surface area contributed by atoms with Crippen LogP contribution in [0.4, 0.5) is 0 Å². The van der Waals surface area contributed by atoms with Gasteiger partial charge in [-0.25, -0.2) is 9.79 Å². The first kappa shape index (κ1) is 22.4. The van der Waals surface area contributed by atoms with Gasteiger partial charge in [0, 0.05) is 24.7 Å². The van der Waals surface area contributed by atoms with Gasteiger partial charge >= 0.3 is 5.97 Å². The first-order valence-electron chi connectivity index (χ1n) is 9.71. The lowest BCUT2D eigenvalue weighted by Gasteiger charge is -2.20. The van der Waals surface area contributed by atoms with Gasteiger partial charge in [-0.3, -0.25) is 4.79 Å². The number of aliphatic imine (C=N–C) groups is 1. The fraction of sp³-hybridized carbons (Fsp3) is 0.261. The molecule has 8 heteroatoms. The average Bonchev–Trinajstić information content (AvgIpc) is 3.10. The SMILES string of the molecule is CCOc1cc(/C=C2\N=C(c3ccc(Cl)cc3)OC2=O)ccc1OC(C)C(=O)N(C)C. The number of carbonyl (C=O) groups excluding carboxylic acids is 2. The van der Waals surface area contributed by atoms with E-state index < -0.39 is 12.1 Å². The summed E-state index contributed by atoms with van der Waals surface area (Å²) >= 11 is 5.90. The molecule has 0 radical (unpaired) electrons. The van der Waals surface area contributed by atoms with Crippen molar-refractivity contribution in [3.63, 3.8) is 0 Å². The van der Waals surface area contributed by atoms with Gasteiger partial charge in [0.05, 0.1) is 6.61 Å². The molecule has 0 spiro atoms. The topological polar surface area (TPSA) is 77.4 Å². The molecule has 7 nitrogen and oxygen atoms in total. The Labute approximate surface area is 185 Å². The summed E-state index contributed by atoms with van der Waals surface area (Å²) in [6.45, 7) is 3.93. The van der Waals surface area contributed by atoms with Gasteiger partial charge < -0.3 is 19.1 Å². The Morgan fingerprint density at radius 3 is 2.55 bits per heavy atom. The summed E-state index contributed by atoms with van der Waals surface area (Å²) in [4.78, 5) is 30.1. The van der Waals surface area contributed by atoms with Gasteiger partial charge in [-0.1, -0.05) is 17.7 Å². The lowest BCUT2D eigenvalue weighted by molar-refractivity contribution is -0.135. The number of ether oxygens (including phenoxy) is 3. The Bertz CT molecular complexity index is 1040. The van der Waals surface area contributed by atoms with Crippen molar-refractivity contribution in [2.45, 2.75) is 20.0 Å². The summed E-state index contributed by atoms with van der Waals surface area (Å²) in [5, 5.41) is 0.580. The lowest BCUT2D eigenvalue weighted by Crippen LogP contribution is -2.35. The molecule has 1 unspecified atom stereocenters. The van der Waals surface area contributed by atoms with Crippen molar-refractivity contribution in [3.05, 3.63) is 64.3 Å². The molecule has 0 saturated heterocycles. The van der Waals surface area contributed by atoms with Crippen LogP contribution in [0.3, 0.4) is 0 Å². The number of halogens is 1. The van der Waals surface area contributed by atoms with Crippen molar-refractivity contribution in [2.75, 3.05) is 20.7 Å². The number of hydrogen-bond acceptors (Lipinski definition) is 6. The van der Waals surface area contributed by atoms with Crippen LogP contribution in [0.5, 0.6) is 11.5 Å². The molecule has 0 N–H and O–H groups in total. The van der Waals surface area contributed by atoms with E-state index in [9.17, 15) is 9.59 Å². The zero-order chi connectivity index (χ0) is 22.5. The van der Waals surface area contributed by atoms with E-state index in [2.05, 4.69) is 4.99 Å². The van der Waals surface area contributed by atoms with E-state index in [4.69, 9.17) is 25.8 Å². The highest BCUT2D eigenvalue weighted by Gasteiger charge is 2.24. The van der Waals surface area contributed by atoms with Crippen LogP contribution < -0.4 is 9.47 Å². The van der Waals surface area contributed by atoms with E-state index in [0.717, 1.165) is 0 Å². The van der Waals surface area contributed by atoms with Gasteiger partial charge in [0.2, 0.25) is 5.90 Å². The number of likely N-dealkylation sites (N-methyl/N-ethyl adjacent to an activating group) is 1. The molecule has 1 heterocycles. The zero-order valence-corrected chi connectivity index (χ0v) is 18.5. The molecule has 31 heavy (non-hydrogen) atoms. The molecule has 0 saturated carbocycles. The van der Waals surface area contributed by atoms with E-state index in [0.29, 0.717) is 34.3 Å². The highest BCUT2D eigenvalue weighted by Crippen LogP contribution is 2.31. The molecule has 1 amide bonds. The van der Waals surface area contributed by atoms with Crippen molar-refractivity contribution in [2.24, 2.45) is 4.99 Å². The van der Waals surface area contributed by atoms with Crippen LogP contribution in [-0.4, -0.2) is 49.5 Å². The second kappa shape index (κ2) is 9.66. The van der Waals surface area contributed by atoms with E-state index in [-0.39, 0.29) is 17.5 Å². The number of amides is 1. The number of benzene rings is 2. The van der Waals surface area contributed by atoms with Crippen LogP contribution in [0.15, 0.2) is 53.2 Å². The number of esters is 1. The quantitative estimate of drug-likeness (QED) is 0.479. The monoisotopic (exact) mass is 442 g/mol. The van der Waals surface area contributed by atoms with Crippen LogP contribution in [0.1, 0.15) is 25.0 Å². The van der Waals surface area contributed by atoms with Crippen molar-refractivity contribution in [3.8, 4) is 11.5 Å². The normalized spacial score (nSPS) is 15.3. The Hall–Kier alpha value is -3.32. The Balaban J connectivity index is 1.86. The second-order valence-corrected chi connectivity index (χ2v) is 7.41. The van der Waals surface area contributed by atoms with Crippen LogP contribution >= 0.6 is 11.6 Å². The molecule has 3 rings (SSSR count). The number of cyclic esters (lactones) is 1. The van der Waals surface area contributed by atoms with Gasteiger partial charge in [-0.2, -0.15) is 0 Å². The summed E-state index contributed by atoms with van der Waals surface area (Å²) in [6, 6.07) is 12.0. The third-order valence-electron chi connectivity index (χ3n) is 4.37. The molecule has 1 atom stereocenters. The van der Waals surface area contributed by atoms with Gasteiger partial charge in [0.15, 0.2) is 23.3 Å². The Kier molecular flexibility index (Phi) is 6.97. The summed E-state index contributed by atoms with van der Waals surface area (Å²) in [5.41, 5.74) is 1.49. The number of hydrogen-bond donors (Lipinski definition) is 0. The molecule has 162 valence electrons. The summed E-state index contributed by atoms with van der Waals surface area (Å²) in [5.74, 6) is 0.406. The zero-order valence-electron chi connectivity index (χ0n) is 17.7. The van der Waals surface area contributed by atoms with Gasteiger partial charge in [0.25, 0.3) is 5.91 Å². The molecule has 0 aliphatic carbocycles. The number of carbonyl (C=O) groups is 2. The summed E-state index contributed by atoms with van der Waals surface area (Å²) in [6.07, 6.45) is 0.932. The first-order chi connectivity index (χ1) is 14.8. The van der Waals surface area contributed by atoms with Crippen molar-refractivity contribution in [1.82, 2.24) is 4.90 Å². The molecule has 0 aromatic heterocycles. The summed E-state index contributed by atoms with van der Waals surface area (Å²) in [7, 11) is 3.33. The fourth-order valence-corrected chi connectivity index (χ4v) is 2.99. The van der Waals surface area contributed by atoms with Crippen molar-refractivity contribution < 1.29 is 23.8 Å². The molecule has 2 aromatic rings. The minimum absolute atomic E-state index is 0.161. The van der Waals surface area contributed by atoms with Crippen LogP contribution in [0.25, 0.3) is 6.08 Å². The maximum absolute atomic E-state index is 12.3. The lowest BCUT2D eigenvalue weighted by atomic mass is 10.1. The highest BCUT2D eigenvalue weighted by atomic mass is 35.5. The van der Waals surface area contributed by atoms with E-state index in [1.54, 1.807) is 69.6 Å². The van der Waals surface area contributed by atoms with Gasteiger partial charge in [0.1, 0.15) is 0 Å². The third kappa shape index (κ3) is 5.44. The molecule has 0 bridgehead atoms. The van der Waals surface area contributed by atoms with Gasteiger partial charge in [-0.15, -0.1) is 0 Å². The number of rotatable bonds is 7. The van der Waals surface area contributed by atoms with E-state index in [1.807, 2.05) is 6.92 Å². The van der Waals surface area contributed by atoms with Gasteiger partial charge in [-0.05, 0) is 61.9 Å². The highest BCUT2D eigenvalue weighted by molar-refractivity contribution is 6.30. The minimum atomic E-state index is -0.672. The molecular weight excluding hydrogens is 420 g/mol. The van der Waals surface area contributed by atoms with Crippen LogP contribution in [-0.2, 0) is 14.3 Å². The third-order valence-corrected chi connectivity index (χ3v) is 4.63. The standard InChI is InChI=1S/C23H23ClN2O5/c1-5-29-20-13-15(6-11-19(20)30-14(2)22(27)26(3)4)12-18-23(28)31-21(25-18)16-7-9-17(24)10-8-16/h6-14H,5H2,1-4H3/b18-12-. The maximum Gasteiger partial charge on any atom is 0.363 e. The minimum Gasteiger partial charge on any atom is -0.490 e. The second-order valence-electron chi connectivity index (χ2n) is 6.97. The van der Waals surface area contributed by atoms with Crippen molar-refractivity contribution >= 4 is 35.5 Å². The fourth-order valence-electron chi connectivity index (χ4n) is 2.87. The summed E-state index contributed by atoms with van der Waals surface area (Å²) < 4.78 is 16.7. The predicted octanol–water partition coefficient (Wildman–Crippen LogP) is 3.94. The van der Waals surface area contributed by atoms with E-state index in [1.165, 1.54) is 4.90 Å². The van der Waals surface area contributed by atoms with Crippen molar-refractivity contribution in [1.29, 1.82) is 0 Å². The predicted molar refractivity (Wildman–Crippen MR) is 118 cm³/mol. The molecular formula is C23H23ClN2O5. The Morgan fingerprint density at radius 2 is 1.90 bits per heavy atom. The largest absolute Gasteiger partial charge is 0.490 e. The smallest absolute Gasteiger partial charge is 0.363 e. The van der Waals surface area contributed by atoms with Crippen LogP contribution in [0.2, 0.25) is 5.02 Å². The molecule has 1 aliphatic rings.